The Morgan fingerprint density at radius 2 is 1.97 bits per heavy atom. The molecule has 0 fully saturated rings. The number of imidazole rings is 1. The van der Waals surface area contributed by atoms with Gasteiger partial charge in [-0.15, -0.1) is 11.3 Å². The summed E-state index contributed by atoms with van der Waals surface area (Å²) in [5.41, 5.74) is 9.81. The minimum atomic E-state index is -0.362. The summed E-state index contributed by atoms with van der Waals surface area (Å²) < 4.78 is 15.3. The maximum atomic E-state index is 13.4. The van der Waals surface area contributed by atoms with Crippen LogP contribution in [-0.2, 0) is 18.3 Å². The average Bonchev–Trinajstić information content (AvgIpc) is 3.38. The normalized spacial score (nSPS) is 11.1. The maximum Gasteiger partial charge on any atom is 0.228 e. The highest BCUT2D eigenvalue weighted by molar-refractivity contribution is 7.21. The zero-order valence-corrected chi connectivity index (χ0v) is 18.4. The highest BCUT2D eigenvalue weighted by Crippen LogP contribution is 2.39. The molecule has 33 heavy (non-hydrogen) atoms. The van der Waals surface area contributed by atoms with Gasteiger partial charge in [-0.25, -0.2) is 19.3 Å². The number of thiophene rings is 1. The van der Waals surface area contributed by atoms with E-state index < -0.39 is 0 Å². The monoisotopic (exact) mass is 458 g/mol. The van der Waals surface area contributed by atoms with Gasteiger partial charge in [-0.05, 0) is 35.9 Å². The largest absolute Gasteiger partial charge is 0.383 e. The number of carbonyl (C=O) groups excluding carboxylic acids is 1. The molecule has 0 spiro atoms. The molecule has 5 aromatic rings. The van der Waals surface area contributed by atoms with Crippen molar-refractivity contribution in [2.24, 2.45) is 7.05 Å². The van der Waals surface area contributed by atoms with Crippen molar-refractivity contribution in [1.82, 2.24) is 19.5 Å². The predicted octanol–water partition coefficient (Wildman–Crippen LogP) is 4.66. The standard InChI is InChI=1S/C24H19FN6OS/c1-31-13-29-21(22(31)19-11-18-23(26)27-12-28-24(18)33-19)15-5-3-7-17(10-15)30-20(32)9-14-4-2-6-16(25)8-14/h2-8,10-13H,9H2,1H3,(H,30,32)(H2,26,27,28). The van der Waals surface area contributed by atoms with E-state index in [0.717, 1.165) is 32.0 Å². The van der Waals surface area contributed by atoms with Gasteiger partial charge in [-0.3, -0.25) is 4.79 Å². The van der Waals surface area contributed by atoms with E-state index >= 15 is 0 Å². The number of aromatic nitrogens is 4. The van der Waals surface area contributed by atoms with E-state index in [4.69, 9.17) is 5.73 Å². The van der Waals surface area contributed by atoms with E-state index in [0.29, 0.717) is 17.1 Å². The third-order valence-electron chi connectivity index (χ3n) is 5.20. The number of nitrogens with zero attached hydrogens (tertiary/aromatic N) is 4. The Morgan fingerprint density at radius 1 is 1.12 bits per heavy atom. The fourth-order valence-electron chi connectivity index (χ4n) is 3.70. The Balaban J connectivity index is 1.44. The van der Waals surface area contributed by atoms with E-state index in [-0.39, 0.29) is 18.1 Å². The highest BCUT2D eigenvalue weighted by atomic mass is 32.1. The molecule has 0 aliphatic carbocycles. The van der Waals surface area contributed by atoms with Gasteiger partial charge in [0.25, 0.3) is 0 Å². The van der Waals surface area contributed by atoms with E-state index in [1.165, 1.54) is 29.8 Å². The van der Waals surface area contributed by atoms with Gasteiger partial charge in [-0.2, -0.15) is 0 Å². The molecule has 0 radical (unpaired) electrons. The molecule has 1 amide bonds. The van der Waals surface area contributed by atoms with Crippen molar-refractivity contribution in [1.29, 1.82) is 0 Å². The number of fused-ring (bicyclic) bond motifs is 1. The molecule has 0 aliphatic heterocycles. The summed E-state index contributed by atoms with van der Waals surface area (Å²) in [4.78, 5) is 27.2. The number of amides is 1. The van der Waals surface area contributed by atoms with Crippen molar-refractivity contribution in [2.75, 3.05) is 11.1 Å². The lowest BCUT2D eigenvalue weighted by Gasteiger charge is -2.09. The van der Waals surface area contributed by atoms with Crippen molar-refractivity contribution >= 4 is 39.0 Å². The molecular weight excluding hydrogens is 439 g/mol. The number of nitrogens with one attached hydrogen (secondary N) is 1. The van der Waals surface area contributed by atoms with Crippen LogP contribution in [0.4, 0.5) is 15.9 Å². The predicted molar refractivity (Wildman–Crippen MR) is 128 cm³/mol. The second kappa shape index (κ2) is 8.44. The molecule has 7 nitrogen and oxygen atoms in total. The van der Waals surface area contributed by atoms with Crippen LogP contribution in [0.3, 0.4) is 0 Å². The summed E-state index contributed by atoms with van der Waals surface area (Å²) in [6.45, 7) is 0. The quantitative estimate of drug-likeness (QED) is 0.399. The van der Waals surface area contributed by atoms with Crippen molar-refractivity contribution in [2.45, 2.75) is 6.42 Å². The van der Waals surface area contributed by atoms with Gasteiger partial charge in [0.05, 0.1) is 34.4 Å². The van der Waals surface area contributed by atoms with Crippen LogP contribution in [0.15, 0.2) is 67.3 Å². The number of nitrogen functional groups attached to an aromatic ring is 1. The van der Waals surface area contributed by atoms with Crippen LogP contribution in [0.25, 0.3) is 32.0 Å². The first-order valence-corrected chi connectivity index (χ1v) is 11.0. The molecule has 3 aromatic heterocycles. The number of benzene rings is 2. The van der Waals surface area contributed by atoms with Crippen molar-refractivity contribution in [3.05, 3.63) is 78.6 Å². The van der Waals surface area contributed by atoms with Gasteiger partial charge in [0.1, 0.15) is 22.8 Å². The summed E-state index contributed by atoms with van der Waals surface area (Å²) in [5.74, 6) is -0.147. The van der Waals surface area contributed by atoms with Gasteiger partial charge < -0.3 is 15.6 Å². The Kier molecular flexibility index (Phi) is 5.31. The van der Waals surface area contributed by atoms with Crippen LogP contribution >= 0.6 is 11.3 Å². The van der Waals surface area contributed by atoms with Gasteiger partial charge in [0, 0.05) is 18.3 Å². The first kappa shape index (κ1) is 20.8. The van der Waals surface area contributed by atoms with Gasteiger partial charge >= 0.3 is 0 Å². The van der Waals surface area contributed by atoms with Crippen LogP contribution in [0.2, 0.25) is 0 Å². The topological polar surface area (TPSA) is 98.7 Å². The molecule has 0 saturated heterocycles. The van der Waals surface area contributed by atoms with Crippen LogP contribution in [0, 0.1) is 5.82 Å². The molecule has 9 heteroatoms. The molecule has 5 rings (SSSR count). The highest BCUT2D eigenvalue weighted by Gasteiger charge is 2.18. The number of halogens is 1. The molecule has 0 bridgehead atoms. The molecular formula is C24H19FN6OS. The minimum Gasteiger partial charge on any atom is -0.383 e. The zero-order chi connectivity index (χ0) is 22.9. The van der Waals surface area contributed by atoms with E-state index in [2.05, 4.69) is 20.3 Å². The van der Waals surface area contributed by atoms with Crippen LogP contribution < -0.4 is 11.1 Å². The third kappa shape index (κ3) is 4.18. The smallest absolute Gasteiger partial charge is 0.228 e. The van der Waals surface area contributed by atoms with E-state index in [9.17, 15) is 9.18 Å². The second-order valence-corrected chi connectivity index (χ2v) is 8.61. The number of carbonyl (C=O) groups is 1. The Morgan fingerprint density at radius 3 is 2.79 bits per heavy atom. The molecule has 2 aromatic carbocycles. The summed E-state index contributed by atoms with van der Waals surface area (Å²) in [7, 11) is 1.93. The number of nitrogens with two attached hydrogens (primary N) is 1. The lowest BCUT2D eigenvalue weighted by Crippen LogP contribution is -2.14. The van der Waals surface area contributed by atoms with Gasteiger partial charge in [0.15, 0.2) is 0 Å². The first-order chi connectivity index (χ1) is 16.0. The number of hydrogen-bond donors (Lipinski definition) is 2. The number of anilines is 2. The van der Waals surface area contributed by atoms with Gasteiger partial charge in [-0.1, -0.05) is 24.3 Å². The Bertz CT molecular complexity index is 1490. The van der Waals surface area contributed by atoms with Crippen LogP contribution in [0.1, 0.15) is 5.56 Å². The number of aryl methyl sites for hydroxylation is 1. The van der Waals surface area contributed by atoms with E-state index in [1.807, 2.05) is 41.9 Å². The van der Waals surface area contributed by atoms with Crippen molar-refractivity contribution < 1.29 is 9.18 Å². The summed E-state index contributed by atoms with van der Waals surface area (Å²) in [6, 6.07) is 15.5. The maximum absolute atomic E-state index is 13.4. The lowest BCUT2D eigenvalue weighted by atomic mass is 10.1. The SMILES string of the molecule is Cn1cnc(-c2cccc(NC(=O)Cc3cccc(F)c3)c2)c1-c1cc2c(N)ncnc2s1. The van der Waals surface area contributed by atoms with E-state index in [1.54, 1.807) is 18.5 Å². The van der Waals surface area contributed by atoms with Crippen molar-refractivity contribution in [3.8, 4) is 21.8 Å². The third-order valence-corrected chi connectivity index (χ3v) is 6.25. The molecule has 0 aliphatic rings. The molecule has 0 saturated carbocycles. The Labute approximate surface area is 192 Å². The molecule has 0 atom stereocenters. The number of rotatable bonds is 5. The molecule has 3 N–H and O–H groups in total. The van der Waals surface area contributed by atoms with Crippen LogP contribution in [-0.4, -0.2) is 25.4 Å². The molecule has 3 heterocycles. The average molecular weight is 459 g/mol. The summed E-state index contributed by atoms with van der Waals surface area (Å²) >= 11 is 1.52. The zero-order valence-electron chi connectivity index (χ0n) is 17.6. The Hall–Kier alpha value is -4.11. The van der Waals surface area contributed by atoms with Crippen LogP contribution in [0.5, 0.6) is 0 Å². The second-order valence-electron chi connectivity index (χ2n) is 7.58. The number of hydrogen-bond acceptors (Lipinski definition) is 6. The summed E-state index contributed by atoms with van der Waals surface area (Å²) in [6.07, 6.45) is 3.29. The fourth-order valence-corrected chi connectivity index (χ4v) is 4.80. The van der Waals surface area contributed by atoms with Crippen molar-refractivity contribution in [3.63, 3.8) is 0 Å². The lowest BCUT2D eigenvalue weighted by molar-refractivity contribution is -0.115. The minimum absolute atomic E-state index is 0.0844. The fraction of sp³-hybridized carbons (Fsp3) is 0.0833. The molecule has 164 valence electrons. The summed E-state index contributed by atoms with van der Waals surface area (Å²) in [5, 5.41) is 3.70. The first-order valence-electron chi connectivity index (χ1n) is 10.1. The van der Waals surface area contributed by atoms with Gasteiger partial charge in [0.2, 0.25) is 5.91 Å². The molecule has 0 unspecified atom stereocenters.